The fourth-order valence-corrected chi connectivity index (χ4v) is 5.06. The predicted octanol–water partition coefficient (Wildman–Crippen LogP) is 3.98. The average Bonchev–Trinajstić information content (AvgIpc) is 2.98. The Hall–Kier alpha value is -1.69. The van der Waals surface area contributed by atoms with Crippen molar-refractivity contribution in [3.63, 3.8) is 0 Å². The Morgan fingerprint density at radius 3 is 2.00 bits per heavy atom. The van der Waals surface area contributed by atoms with E-state index in [9.17, 15) is 0 Å². The van der Waals surface area contributed by atoms with Gasteiger partial charge in [-0.2, -0.15) is 0 Å². The molecule has 1 unspecified atom stereocenters. The van der Waals surface area contributed by atoms with Gasteiger partial charge in [0.15, 0.2) is 0 Å². The monoisotopic (exact) mass is 294 g/mol. The van der Waals surface area contributed by atoms with E-state index in [0.29, 0.717) is 0 Å². The van der Waals surface area contributed by atoms with Crippen LogP contribution in [0, 0.1) is 0 Å². The average molecular weight is 294 g/mol. The van der Waals surface area contributed by atoms with Gasteiger partial charge < -0.3 is 4.74 Å². The third-order valence-electron chi connectivity index (χ3n) is 3.48. The fraction of sp³-hybridized carbons (Fsp3) is 0.158. The lowest BCUT2D eigenvalue weighted by Crippen LogP contribution is -2.19. The fourth-order valence-electron chi connectivity index (χ4n) is 2.57. The lowest BCUT2D eigenvalue weighted by atomic mass is 10.4. The van der Waals surface area contributed by atoms with Crippen molar-refractivity contribution in [1.82, 2.24) is 0 Å². The standard InChI is InChI=1S/C19H19OP/c1-2-20-18-14-9-15-19(18)21(16-10-5-3-6-11-16)17-12-7-4-8-13-17/h3-15,18H,2H2,1H3. The predicted molar refractivity (Wildman–Crippen MR) is 91.7 cm³/mol. The zero-order valence-corrected chi connectivity index (χ0v) is 13.0. The number of hydrogen-bond acceptors (Lipinski definition) is 1. The van der Waals surface area contributed by atoms with E-state index in [4.69, 9.17) is 4.74 Å². The molecule has 0 N–H and O–H groups in total. The van der Waals surface area contributed by atoms with E-state index in [1.807, 2.05) is 0 Å². The highest BCUT2D eigenvalue weighted by Gasteiger charge is 2.26. The van der Waals surface area contributed by atoms with E-state index in [2.05, 4.69) is 85.8 Å². The Balaban J connectivity index is 2.02. The Kier molecular flexibility index (Phi) is 4.65. The Labute approximate surface area is 127 Å². The van der Waals surface area contributed by atoms with Crippen molar-refractivity contribution in [2.45, 2.75) is 13.0 Å². The van der Waals surface area contributed by atoms with Crippen LogP contribution in [-0.2, 0) is 4.74 Å². The van der Waals surface area contributed by atoms with Crippen LogP contribution in [0.4, 0.5) is 0 Å². The Morgan fingerprint density at radius 2 is 1.48 bits per heavy atom. The summed E-state index contributed by atoms with van der Waals surface area (Å²) in [6.45, 7) is 2.79. The van der Waals surface area contributed by atoms with Gasteiger partial charge in [-0.05, 0) is 30.8 Å². The molecule has 0 aromatic heterocycles. The number of rotatable bonds is 5. The van der Waals surface area contributed by atoms with Gasteiger partial charge in [-0.1, -0.05) is 78.9 Å². The molecule has 3 rings (SSSR count). The second-order valence-electron chi connectivity index (χ2n) is 4.86. The number of ether oxygens (including phenoxy) is 1. The van der Waals surface area contributed by atoms with Gasteiger partial charge in [0.25, 0.3) is 0 Å². The molecule has 0 fully saturated rings. The van der Waals surface area contributed by atoms with E-state index in [0.717, 1.165) is 6.61 Å². The molecule has 0 radical (unpaired) electrons. The van der Waals surface area contributed by atoms with Crippen molar-refractivity contribution in [1.29, 1.82) is 0 Å². The lowest BCUT2D eigenvalue weighted by Gasteiger charge is -2.25. The van der Waals surface area contributed by atoms with E-state index >= 15 is 0 Å². The van der Waals surface area contributed by atoms with Crippen LogP contribution in [0.2, 0.25) is 0 Å². The molecule has 2 heteroatoms. The summed E-state index contributed by atoms with van der Waals surface area (Å²) in [5.74, 6) is 0. The van der Waals surface area contributed by atoms with Crippen molar-refractivity contribution in [2.75, 3.05) is 6.61 Å². The second kappa shape index (κ2) is 6.85. The van der Waals surface area contributed by atoms with E-state index < -0.39 is 7.92 Å². The van der Waals surface area contributed by atoms with Crippen molar-refractivity contribution >= 4 is 18.5 Å². The molecule has 21 heavy (non-hydrogen) atoms. The molecule has 0 spiro atoms. The maximum absolute atomic E-state index is 5.90. The van der Waals surface area contributed by atoms with E-state index in [-0.39, 0.29) is 6.10 Å². The van der Waals surface area contributed by atoms with Crippen LogP contribution in [0.3, 0.4) is 0 Å². The van der Waals surface area contributed by atoms with Crippen LogP contribution < -0.4 is 10.6 Å². The van der Waals surface area contributed by atoms with Crippen LogP contribution in [0.1, 0.15) is 6.92 Å². The summed E-state index contributed by atoms with van der Waals surface area (Å²) in [6, 6.07) is 21.5. The molecule has 106 valence electrons. The van der Waals surface area contributed by atoms with Crippen LogP contribution in [-0.4, -0.2) is 12.7 Å². The minimum absolute atomic E-state index is 0.113. The van der Waals surface area contributed by atoms with Crippen molar-refractivity contribution in [3.8, 4) is 0 Å². The number of benzene rings is 2. The van der Waals surface area contributed by atoms with E-state index in [1.165, 1.54) is 15.9 Å². The van der Waals surface area contributed by atoms with Crippen molar-refractivity contribution < 1.29 is 4.74 Å². The summed E-state index contributed by atoms with van der Waals surface area (Å²) in [5.41, 5.74) is 0. The Morgan fingerprint density at radius 1 is 0.905 bits per heavy atom. The molecule has 0 aliphatic heterocycles. The molecule has 0 amide bonds. The highest BCUT2D eigenvalue weighted by atomic mass is 31.1. The third kappa shape index (κ3) is 3.15. The van der Waals surface area contributed by atoms with Gasteiger partial charge in [-0.25, -0.2) is 0 Å². The zero-order valence-electron chi connectivity index (χ0n) is 12.1. The molecule has 2 aromatic carbocycles. The summed E-state index contributed by atoms with van der Waals surface area (Å²) in [4.78, 5) is 0. The molecule has 0 saturated heterocycles. The van der Waals surface area contributed by atoms with Gasteiger partial charge in [-0.3, -0.25) is 0 Å². The minimum atomic E-state index is -0.529. The van der Waals surface area contributed by atoms with Gasteiger partial charge in [0.05, 0.1) is 0 Å². The third-order valence-corrected chi connectivity index (χ3v) is 6.03. The molecule has 1 atom stereocenters. The highest BCUT2D eigenvalue weighted by molar-refractivity contribution is 7.76. The van der Waals surface area contributed by atoms with Gasteiger partial charge in [0.1, 0.15) is 6.10 Å². The van der Waals surface area contributed by atoms with Gasteiger partial charge in [-0.15, -0.1) is 0 Å². The molecule has 0 bridgehead atoms. The van der Waals surface area contributed by atoms with Crippen LogP contribution in [0.15, 0.2) is 84.2 Å². The summed E-state index contributed by atoms with van der Waals surface area (Å²) < 4.78 is 5.90. The van der Waals surface area contributed by atoms with Crippen LogP contribution in [0.25, 0.3) is 0 Å². The maximum Gasteiger partial charge on any atom is 0.102 e. The van der Waals surface area contributed by atoms with Gasteiger partial charge in [0.2, 0.25) is 0 Å². The summed E-state index contributed by atoms with van der Waals surface area (Å²) in [5, 5.41) is 4.13. The summed E-state index contributed by atoms with van der Waals surface area (Å²) >= 11 is 0. The second-order valence-corrected chi connectivity index (χ2v) is 7.08. The first-order chi connectivity index (χ1) is 10.4. The molecular formula is C19H19OP. The SMILES string of the molecule is CCOC1C=CC=C1P(c1ccccc1)c1ccccc1. The highest BCUT2D eigenvalue weighted by Crippen LogP contribution is 2.47. The minimum Gasteiger partial charge on any atom is -0.370 e. The quantitative estimate of drug-likeness (QED) is 0.758. The molecule has 1 aliphatic carbocycles. The van der Waals surface area contributed by atoms with Crippen LogP contribution in [0.5, 0.6) is 0 Å². The van der Waals surface area contributed by atoms with E-state index in [1.54, 1.807) is 0 Å². The number of allylic oxidation sites excluding steroid dienone is 2. The summed E-state index contributed by atoms with van der Waals surface area (Å²) in [7, 11) is -0.529. The zero-order chi connectivity index (χ0) is 14.5. The van der Waals surface area contributed by atoms with Gasteiger partial charge in [0, 0.05) is 6.61 Å². The first kappa shape index (κ1) is 14.3. The molecular weight excluding hydrogens is 275 g/mol. The van der Waals surface area contributed by atoms with Gasteiger partial charge >= 0.3 is 0 Å². The maximum atomic E-state index is 5.90. The Bertz CT molecular complexity index is 592. The molecule has 2 aromatic rings. The lowest BCUT2D eigenvalue weighted by molar-refractivity contribution is 0.127. The normalized spacial score (nSPS) is 17.2. The molecule has 0 heterocycles. The first-order valence-electron chi connectivity index (χ1n) is 7.30. The topological polar surface area (TPSA) is 9.23 Å². The molecule has 1 nitrogen and oxygen atoms in total. The van der Waals surface area contributed by atoms with Crippen molar-refractivity contribution in [3.05, 3.63) is 84.2 Å². The summed E-state index contributed by atoms with van der Waals surface area (Å²) in [6.07, 6.45) is 6.62. The smallest absolute Gasteiger partial charge is 0.102 e. The number of hydrogen-bond donors (Lipinski definition) is 0. The molecule has 0 saturated carbocycles. The largest absolute Gasteiger partial charge is 0.370 e. The first-order valence-corrected chi connectivity index (χ1v) is 8.64. The van der Waals surface area contributed by atoms with Crippen molar-refractivity contribution in [2.24, 2.45) is 0 Å². The molecule has 1 aliphatic rings. The van der Waals surface area contributed by atoms with Crippen LogP contribution >= 0.6 is 7.92 Å².